The van der Waals surface area contributed by atoms with E-state index in [2.05, 4.69) is 12.2 Å². The van der Waals surface area contributed by atoms with Crippen molar-refractivity contribution in [1.29, 1.82) is 0 Å². The van der Waals surface area contributed by atoms with Gasteiger partial charge in [-0.3, -0.25) is 4.79 Å². The van der Waals surface area contributed by atoms with Crippen LogP contribution < -0.4 is 5.32 Å². The number of amides is 3. The normalized spacial score (nSPS) is 13.0. The fourth-order valence-corrected chi connectivity index (χ4v) is 4.41. The molecule has 0 spiro atoms. The zero-order valence-electron chi connectivity index (χ0n) is 26.9. The number of hydrogen-bond donors (Lipinski definition) is 1. The predicted molar refractivity (Wildman–Crippen MR) is 161 cm³/mol. The van der Waals surface area contributed by atoms with Gasteiger partial charge in [0.15, 0.2) is 0 Å². The summed E-state index contributed by atoms with van der Waals surface area (Å²) in [5.41, 5.74) is 0. The molecule has 0 bridgehead atoms. The first-order valence-corrected chi connectivity index (χ1v) is 15.7. The van der Waals surface area contributed by atoms with Crippen molar-refractivity contribution >= 4 is 18.1 Å². The van der Waals surface area contributed by atoms with Gasteiger partial charge in [0.1, 0.15) is 13.2 Å². The van der Waals surface area contributed by atoms with Gasteiger partial charge >= 0.3 is 12.2 Å². The van der Waals surface area contributed by atoms with Crippen LogP contribution >= 0.6 is 0 Å². The molecule has 3 amide bonds. The summed E-state index contributed by atoms with van der Waals surface area (Å²) in [5, 5.41) is 2.93. The maximum Gasteiger partial charge on any atom is 0.416 e. The zero-order chi connectivity index (χ0) is 30.2. The minimum absolute atomic E-state index is 0.0919. The van der Waals surface area contributed by atoms with Gasteiger partial charge in [0.25, 0.3) is 0 Å². The quantitative estimate of drug-likeness (QED) is 0.102. The predicted octanol–water partition coefficient (Wildman–Crippen LogP) is 6.68. The molecule has 9 heteroatoms. The zero-order valence-corrected chi connectivity index (χ0v) is 26.9. The van der Waals surface area contributed by atoms with E-state index in [0.717, 1.165) is 24.2 Å². The fraction of sp³-hybridized carbons (Fsp3) is 0.903. The van der Waals surface area contributed by atoms with Crippen molar-refractivity contribution in [2.24, 2.45) is 0 Å². The van der Waals surface area contributed by atoms with Gasteiger partial charge in [-0.1, -0.05) is 90.4 Å². The molecule has 0 saturated heterocycles. The Balaban J connectivity index is 4.15. The van der Waals surface area contributed by atoms with E-state index < -0.39 is 18.1 Å². The van der Waals surface area contributed by atoms with Crippen LogP contribution in [0.2, 0.25) is 0 Å². The first-order chi connectivity index (χ1) is 19.0. The van der Waals surface area contributed by atoms with Crippen molar-refractivity contribution in [3.63, 3.8) is 0 Å². The van der Waals surface area contributed by atoms with E-state index >= 15 is 0 Å². The largest absolute Gasteiger partial charge is 0.449 e. The van der Waals surface area contributed by atoms with Crippen molar-refractivity contribution < 1.29 is 33.1 Å². The summed E-state index contributed by atoms with van der Waals surface area (Å²) in [6, 6.07) is -0.130. The molecule has 236 valence electrons. The summed E-state index contributed by atoms with van der Waals surface area (Å²) in [5.74, 6) is -0.397. The number of quaternary nitrogens is 1. The van der Waals surface area contributed by atoms with Gasteiger partial charge in [-0.05, 0) is 19.8 Å². The standard InChI is InChI=1S/C31H61N3O6/c1-8-9-10-11-12-13-14-15-16-17-18-19-20-22-29(27(2)38-7)32-30(36)39-25-21-23-33(28(3)35)31(37)40-26-24-34(4,5)6/h27,29H,8-26H2,1-7H3/p+1. The molecule has 2 unspecified atom stereocenters. The van der Waals surface area contributed by atoms with Crippen molar-refractivity contribution in [3.8, 4) is 0 Å². The van der Waals surface area contributed by atoms with E-state index in [-0.39, 0.29) is 31.9 Å². The summed E-state index contributed by atoms with van der Waals surface area (Å²) in [7, 11) is 7.63. The highest BCUT2D eigenvalue weighted by atomic mass is 16.6. The summed E-state index contributed by atoms with van der Waals surface area (Å²) in [6.07, 6.45) is 16.8. The van der Waals surface area contributed by atoms with Gasteiger partial charge in [-0.25, -0.2) is 14.5 Å². The Labute approximate surface area is 245 Å². The van der Waals surface area contributed by atoms with Crippen molar-refractivity contribution in [1.82, 2.24) is 10.2 Å². The third kappa shape index (κ3) is 21.9. The Hall–Kier alpha value is -1.87. The van der Waals surface area contributed by atoms with Crippen LogP contribution in [0.1, 0.15) is 117 Å². The number of nitrogens with one attached hydrogen (secondary N) is 1. The maximum atomic E-state index is 12.4. The monoisotopic (exact) mass is 572 g/mol. The average Bonchev–Trinajstić information content (AvgIpc) is 2.89. The van der Waals surface area contributed by atoms with Crippen LogP contribution in [0.15, 0.2) is 0 Å². The Bertz CT molecular complexity index is 668. The third-order valence-electron chi connectivity index (χ3n) is 7.21. The van der Waals surface area contributed by atoms with Gasteiger partial charge in [-0.2, -0.15) is 0 Å². The minimum atomic E-state index is -0.669. The molecule has 0 aliphatic carbocycles. The molecule has 0 aromatic heterocycles. The number of carbonyl (C=O) groups excluding carboxylic acids is 3. The van der Waals surface area contributed by atoms with Gasteiger partial charge in [0, 0.05) is 20.6 Å². The Morgan fingerprint density at radius 3 is 1.77 bits per heavy atom. The number of hydrogen-bond acceptors (Lipinski definition) is 6. The average molecular weight is 573 g/mol. The lowest BCUT2D eigenvalue weighted by atomic mass is 10.0. The summed E-state index contributed by atoms with van der Waals surface area (Å²) in [4.78, 5) is 37.6. The number of carbonyl (C=O) groups is 3. The Morgan fingerprint density at radius 2 is 1.30 bits per heavy atom. The smallest absolute Gasteiger partial charge is 0.416 e. The molecule has 0 radical (unpaired) electrons. The van der Waals surface area contributed by atoms with E-state index in [0.29, 0.717) is 17.4 Å². The SMILES string of the molecule is CCCCCCCCCCCCCCCC(NC(=O)OCCCN(C(C)=O)C(=O)OCC[N+](C)(C)C)C(C)OC. The van der Waals surface area contributed by atoms with Crippen molar-refractivity contribution in [2.75, 3.05) is 54.6 Å². The number of nitrogens with zero attached hydrogens (tertiary/aromatic N) is 2. The molecule has 2 atom stereocenters. The van der Waals surface area contributed by atoms with Gasteiger partial charge in [0.2, 0.25) is 5.91 Å². The van der Waals surface area contributed by atoms with Gasteiger partial charge in [-0.15, -0.1) is 0 Å². The highest BCUT2D eigenvalue weighted by Crippen LogP contribution is 2.15. The summed E-state index contributed by atoms with van der Waals surface area (Å²) < 4.78 is 16.7. The van der Waals surface area contributed by atoms with Crippen LogP contribution in [0.25, 0.3) is 0 Å². The van der Waals surface area contributed by atoms with E-state index in [1.54, 1.807) is 7.11 Å². The van der Waals surface area contributed by atoms with E-state index in [9.17, 15) is 14.4 Å². The molecule has 0 aromatic carbocycles. The van der Waals surface area contributed by atoms with E-state index in [1.807, 2.05) is 28.1 Å². The van der Waals surface area contributed by atoms with E-state index in [4.69, 9.17) is 14.2 Å². The Kier molecular flexibility index (Phi) is 22.7. The van der Waals surface area contributed by atoms with Crippen LogP contribution in [0.3, 0.4) is 0 Å². The molecule has 9 nitrogen and oxygen atoms in total. The van der Waals surface area contributed by atoms with Crippen LogP contribution in [-0.4, -0.2) is 94.2 Å². The minimum Gasteiger partial charge on any atom is -0.449 e. The highest BCUT2D eigenvalue weighted by Gasteiger charge is 2.22. The fourth-order valence-electron chi connectivity index (χ4n) is 4.41. The number of alkyl carbamates (subject to hydrolysis) is 1. The molecular weight excluding hydrogens is 510 g/mol. The molecule has 0 rings (SSSR count). The first-order valence-electron chi connectivity index (χ1n) is 15.7. The molecule has 0 aliphatic rings. The molecule has 40 heavy (non-hydrogen) atoms. The lowest BCUT2D eigenvalue weighted by Crippen LogP contribution is -2.43. The van der Waals surface area contributed by atoms with Crippen molar-refractivity contribution in [3.05, 3.63) is 0 Å². The number of methoxy groups -OCH3 is 1. The summed E-state index contributed by atoms with van der Waals surface area (Å²) >= 11 is 0. The Morgan fingerprint density at radius 1 is 0.775 bits per heavy atom. The van der Waals surface area contributed by atoms with E-state index in [1.165, 1.54) is 77.6 Å². The lowest BCUT2D eigenvalue weighted by Gasteiger charge is -2.25. The number of rotatable bonds is 24. The second-order valence-corrected chi connectivity index (χ2v) is 12.0. The van der Waals surface area contributed by atoms with Crippen molar-refractivity contribution in [2.45, 2.75) is 129 Å². The number of likely N-dealkylation sites (N-methyl/N-ethyl adjacent to an activating group) is 1. The summed E-state index contributed by atoms with van der Waals surface area (Å²) in [6.45, 7) is 6.61. The molecule has 0 aromatic rings. The van der Waals surface area contributed by atoms with Crippen LogP contribution in [0.5, 0.6) is 0 Å². The maximum absolute atomic E-state index is 12.4. The topological polar surface area (TPSA) is 94.2 Å². The molecular formula is C31H62N3O6+. The molecule has 1 N–H and O–H groups in total. The van der Waals surface area contributed by atoms with Crippen LogP contribution in [0.4, 0.5) is 9.59 Å². The van der Waals surface area contributed by atoms with Gasteiger partial charge in [0.05, 0.1) is 39.9 Å². The lowest BCUT2D eigenvalue weighted by molar-refractivity contribution is -0.870. The molecule has 0 fully saturated rings. The number of unbranched alkanes of at least 4 members (excludes halogenated alkanes) is 12. The molecule has 0 saturated carbocycles. The highest BCUT2D eigenvalue weighted by molar-refractivity contribution is 5.90. The second-order valence-electron chi connectivity index (χ2n) is 12.0. The molecule has 0 aliphatic heterocycles. The second kappa shape index (κ2) is 23.8. The molecule has 0 heterocycles. The van der Waals surface area contributed by atoms with Crippen LogP contribution in [0, 0.1) is 0 Å². The first kappa shape index (κ1) is 38.1. The third-order valence-corrected chi connectivity index (χ3v) is 7.21. The number of ether oxygens (including phenoxy) is 3. The van der Waals surface area contributed by atoms with Gasteiger partial charge < -0.3 is 24.0 Å². The van der Waals surface area contributed by atoms with Crippen LogP contribution in [-0.2, 0) is 19.0 Å². The number of imide groups is 1.